The number of nitrogen functional groups attached to an aromatic ring is 1. The Hall–Kier alpha value is -2.97. The maximum absolute atomic E-state index is 11.6. The zero-order valence-corrected chi connectivity index (χ0v) is 21.8. The Morgan fingerprint density at radius 1 is 1.20 bits per heavy atom. The number of fused-ring (bicyclic) bond motifs is 1. The maximum Gasteiger partial charge on any atom is 0.305 e. The third kappa shape index (κ3) is 6.00. The van der Waals surface area contributed by atoms with Gasteiger partial charge in [0.05, 0.1) is 18.4 Å². The number of benzene rings is 2. The van der Waals surface area contributed by atoms with Gasteiger partial charge < -0.3 is 15.2 Å². The first kappa shape index (κ1) is 25.1. The number of nitrogens with zero attached hydrogens (tertiary/aromatic N) is 3. The third-order valence-corrected chi connectivity index (χ3v) is 7.21. The van der Waals surface area contributed by atoms with Crippen LogP contribution in [0.3, 0.4) is 0 Å². The summed E-state index contributed by atoms with van der Waals surface area (Å²) in [5, 5.41) is 10.7. The van der Waals surface area contributed by atoms with E-state index in [1.165, 1.54) is 16.7 Å². The lowest BCUT2D eigenvalue weighted by atomic mass is 9.92. The van der Waals surface area contributed by atoms with Crippen LogP contribution >= 0.6 is 11.3 Å². The lowest BCUT2D eigenvalue weighted by Gasteiger charge is -2.30. The summed E-state index contributed by atoms with van der Waals surface area (Å²) in [6, 6.07) is 10.2. The van der Waals surface area contributed by atoms with Gasteiger partial charge in [0.25, 0.3) is 0 Å². The Balaban J connectivity index is 1.45. The van der Waals surface area contributed by atoms with E-state index in [4.69, 9.17) is 15.2 Å². The molecule has 1 aromatic heterocycles. The van der Waals surface area contributed by atoms with Gasteiger partial charge in [-0.05, 0) is 82.0 Å². The molecule has 0 bridgehead atoms. The highest BCUT2D eigenvalue weighted by Gasteiger charge is 2.21. The molecular weight excluding hydrogens is 460 g/mol. The van der Waals surface area contributed by atoms with Crippen molar-refractivity contribution in [2.45, 2.75) is 59.6 Å². The van der Waals surface area contributed by atoms with Crippen LogP contribution in [0.25, 0.3) is 21.1 Å². The van der Waals surface area contributed by atoms with Gasteiger partial charge in [-0.1, -0.05) is 23.5 Å². The average molecular weight is 495 g/mol. The summed E-state index contributed by atoms with van der Waals surface area (Å²) < 4.78 is 10.8. The topological polar surface area (TPSA) is 90.6 Å². The molecular formula is C27H34N4O3S. The molecule has 7 nitrogen and oxygen atoms in total. The third-order valence-electron chi connectivity index (χ3n) is 6.20. The van der Waals surface area contributed by atoms with E-state index in [1.54, 1.807) is 11.3 Å². The van der Waals surface area contributed by atoms with Gasteiger partial charge in [0.15, 0.2) is 0 Å². The maximum atomic E-state index is 11.6. The smallest absolute Gasteiger partial charge is 0.305 e. The van der Waals surface area contributed by atoms with Crippen molar-refractivity contribution < 1.29 is 14.3 Å². The van der Waals surface area contributed by atoms with E-state index in [2.05, 4.69) is 34.2 Å². The van der Waals surface area contributed by atoms with Crippen LogP contribution in [0.5, 0.6) is 5.75 Å². The fourth-order valence-electron chi connectivity index (χ4n) is 4.49. The minimum absolute atomic E-state index is 0.0694. The second-order valence-electron chi connectivity index (χ2n) is 9.14. The number of hydrogen-bond acceptors (Lipinski definition) is 8. The van der Waals surface area contributed by atoms with Gasteiger partial charge in [-0.3, -0.25) is 9.69 Å². The summed E-state index contributed by atoms with van der Waals surface area (Å²) in [5.74, 6) is 0.582. The molecule has 2 heterocycles. The van der Waals surface area contributed by atoms with Gasteiger partial charge in [0, 0.05) is 30.6 Å². The normalized spacial score (nSPS) is 13.6. The second-order valence-corrected chi connectivity index (χ2v) is 10.1. The molecule has 4 rings (SSSR count). The van der Waals surface area contributed by atoms with Gasteiger partial charge in [0.1, 0.15) is 15.8 Å². The first-order valence-corrected chi connectivity index (χ1v) is 13.1. The van der Waals surface area contributed by atoms with Crippen LogP contribution in [0.4, 0.5) is 5.69 Å². The molecule has 0 fully saturated rings. The summed E-state index contributed by atoms with van der Waals surface area (Å²) in [6.45, 7) is 11.2. The monoisotopic (exact) mass is 494 g/mol. The number of rotatable bonds is 9. The summed E-state index contributed by atoms with van der Waals surface area (Å²) in [6.07, 6.45) is 2.37. The molecule has 0 saturated carbocycles. The van der Waals surface area contributed by atoms with Gasteiger partial charge >= 0.3 is 5.97 Å². The van der Waals surface area contributed by atoms with Crippen molar-refractivity contribution in [3.05, 3.63) is 47.0 Å². The largest absolute Gasteiger partial charge is 0.489 e. The van der Waals surface area contributed by atoms with Crippen molar-refractivity contribution in [1.82, 2.24) is 15.1 Å². The highest BCUT2D eigenvalue weighted by molar-refractivity contribution is 7.17. The Kier molecular flexibility index (Phi) is 8.03. The van der Waals surface area contributed by atoms with Gasteiger partial charge in [-0.25, -0.2) is 0 Å². The lowest BCUT2D eigenvalue weighted by molar-refractivity contribution is -0.143. The SMILES string of the molecule is CCOC(=O)CCCN1CCc2c(ccc(-c3nnc(-c4ccc(OC(C)C)c(N)c4)s3)c2C)C1. The number of hydrogen-bond donors (Lipinski definition) is 1. The average Bonchev–Trinajstić information content (AvgIpc) is 3.30. The van der Waals surface area contributed by atoms with Gasteiger partial charge in [0.2, 0.25) is 0 Å². The van der Waals surface area contributed by atoms with Gasteiger partial charge in [-0.15, -0.1) is 10.2 Å². The summed E-state index contributed by atoms with van der Waals surface area (Å²) in [7, 11) is 0. The fourth-order valence-corrected chi connectivity index (χ4v) is 5.42. The van der Waals surface area contributed by atoms with Crippen molar-refractivity contribution in [3.63, 3.8) is 0 Å². The van der Waals surface area contributed by atoms with Crippen LogP contribution in [0.15, 0.2) is 30.3 Å². The van der Waals surface area contributed by atoms with Crippen molar-refractivity contribution in [2.75, 3.05) is 25.4 Å². The van der Waals surface area contributed by atoms with E-state index in [-0.39, 0.29) is 12.1 Å². The molecule has 0 atom stereocenters. The van der Waals surface area contributed by atoms with Crippen molar-refractivity contribution in [2.24, 2.45) is 0 Å². The van der Waals surface area contributed by atoms with Crippen LogP contribution in [0.2, 0.25) is 0 Å². The number of anilines is 1. The Morgan fingerprint density at radius 3 is 2.74 bits per heavy atom. The lowest BCUT2D eigenvalue weighted by Crippen LogP contribution is -2.32. The molecule has 1 aliphatic rings. The summed E-state index contributed by atoms with van der Waals surface area (Å²) in [5.41, 5.74) is 12.9. The van der Waals surface area contributed by atoms with Crippen LogP contribution < -0.4 is 10.5 Å². The molecule has 0 radical (unpaired) electrons. The van der Waals surface area contributed by atoms with Crippen LogP contribution in [-0.2, 0) is 22.5 Å². The molecule has 35 heavy (non-hydrogen) atoms. The standard InChI is InChI=1S/C27H34N4O3S/c1-5-33-25(32)7-6-13-31-14-12-21-18(4)22(10-8-20(21)16-31)27-30-29-26(35-27)19-9-11-24(23(28)15-19)34-17(2)3/h8-11,15,17H,5-7,12-14,16,28H2,1-4H3. The Labute approximate surface area is 211 Å². The highest BCUT2D eigenvalue weighted by atomic mass is 32.1. The van der Waals surface area contributed by atoms with Crippen molar-refractivity contribution in [1.29, 1.82) is 0 Å². The molecule has 0 spiro atoms. The van der Waals surface area contributed by atoms with E-state index in [9.17, 15) is 4.79 Å². The number of esters is 1. The van der Waals surface area contributed by atoms with Gasteiger partial charge in [-0.2, -0.15) is 0 Å². The first-order chi connectivity index (χ1) is 16.9. The highest BCUT2D eigenvalue weighted by Crippen LogP contribution is 2.36. The number of carbonyl (C=O) groups is 1. The molecule has 2 aromatic carbocycles. The quantitative estimate of drug-likeness (QED) is 0.321. The molecule has 1 aliphatic heterocycles. The van der Waals surface area contributed by atoms with Crippen LogP contribution in [-0.4, -0.2) is 46.9 Å². The fraction of sp³-hybridized carbons (Fsp3) is 0.444. The summed E-state index contributed by atoms with van der Waals surface area (Å²) >= 11 is 1.58. The number of ether oxygens (including phenoxy) is 2. The van der Waals surface area contributed by atoms with Crippen LogP contribution in [0.1, 0.15) is 50.3 Å². The molecule has 2 N–H and O–H groups in total. The molecule has 3 aromatic rings. The summed E-state index contributed by atoms with van der Waals surface area (Å²) in [4.78, 5) is 14.0. The number of nitrogens with two attached hydrogens (primary N) is 1. The Bertz CT molecular complexity index is 1190. The predicted octanol–water partition coefficient (Wildman–Crippen LogP) is 5.25. The zero-order valence-electron chi connectivity index (χ0n) is 21.0. The molecule has 186 valence electrons. The van der Waals surface area contributed by atoms with E-state index < -0.39 is 0 Å². The van der Waals surface area contributed by atoms with E-state index in [0.717, 1.165) is 53.6 Å². The zero-order chi connectivity index (χ0) is 24.9. The van der Waals surface area contributed by atoms with Crippen molar-refractivity contribution in [3.8, 4) is 26.9 Å². The van der Waals surface area contributed by atoms with Crippen molar-refractivity contribution >= 4 is 23.0 Å². The minimum atomic E-state index is -0.107. The molecule has 0 aliphatic carbocycles. The van der Waals surface area contributed by atoms with E-state index >= 15 is 0 Å². The second kappa shape index (κ2) is 11.2. The van der Waals surface area contributed by atoms with E-state index in [1.807, 2.05) is 39.0 Å². The Morgan fingerprint density at radius 2 is 2.00 bits per heavy atom. The first-order valence-electron chi connectivity index (χ1n) is 12.3. The number of carbonyl (C=O) groups excluding carboxylic acids is 1. The number of aromatic nitrogens is 2. The molecule has 0 amide bonds. The van der Waals surface area contributed by atoms with Crippen LogP contribution in [0, 0.1) is 6.92 Å². The predicted molar refractivity (Wildman–Crippen MR) is 141 cm³/mol. The molecule has 0 saturated heterocycles. The molecule has 8 heteroatoms. The molecule has 0 unspecified atom stereocenters. The minimum Gasteiger partial charge on any atom is -0.489 e. The van der Waals surface area contributed by atoms with E-state index in [0.29, 0.717) is 24.5 Å².